The number of oxime groups is 1. The van der Waals surface area contributed by atoms with Gasteiger partial charge in [-0.05, 0) is 18.4 Å². The van der Waals surface area contributed by atoms with Gasteiger partial charge in [0.2, 0.25) is 5.71 Å². The molecule has 0 amide bonds. The maximum absolute atomic E-state index is 12.2. The van der Waals surface area contributed by atoms with Gasteiger partial charge in [-0.15, -0.1) is 11.3 Å². The summed E-state index contributed by atoms with van der Waals surface area (Å²) in [6.07, 6.45) is 2.78. The van der Waals surface area contributed by atoms with Gasteiger partial charge in [0.25, 0.3) is 5.56 Å². The zero-order valence-corrected chi connectivity index (χ0v) is 13.8. The highest BCUT2D eigenvalue weighted by atomic mass is 32.1. The van der Waals surface area contributed by atoms with Gasteiger partial charge in [0.15, 0.2) is 0 Å². The average Bonchev–Trinajstić information content (AvgIpc) is 3.08. The summed E-state index contributed by atoms with van der Waals surface area (Å²) in [7, 11) is 0. The molecule has 3 aromatic heterocycles. The van der Waals surface area contributed by atoms with Crippen LogP contribution in [0.25, 0.3) is 11.1 Å². The van der Waals surface area contributed by atoms with Crippen molar-refractivity contribution in [3.8, 4) is 6.01 Å². The summed E-state index contributed by atoms with van der Waals surface area (Å²) in [5, 5.41) is 6.77. The molecule has 0 aliphatic rings. The van der Waals surface area contributed by atoms with Crippen LogP contribution in [0.1, 0.15) is 30.8 Å². The number of hydrogen-bond acceptors (Lipinski definition) is 8. The van der Waals surface area contributed by atoms with E-state index >= 15 is 0 Å². The van der Waals surface area contributed by atoms with Gasteiger partial charge in [0.1, 0.15) is 16.1 Å². The second kappa shape index (κ2) is 6.75. The number of aryl methyl sites for hydroxylation is 1. The van der Waals surface area contributed by atoms with Crippen molar-refractivity contribution in [2.45, 2.75) is 26.7 Å². The standard InChI is InChI=1S/C15H14N4O4S/c1-3-8-7-10(20)22-13-11(8)12(21)17-15(18-13)23-19-9(4-2)14-16-5-6-24-14/h5-7H,3-4H2,1-2H3,(H,17,18,21). The molecule has 0 aliphatic heterocycles. The molecule has 0 saturated carbocycles. The van der Waals surface area contributed by atoms with E-state index in [0.29, 0.717) is 24.1 Å². The second-order valence-corrected chi connectivity index (χ2v) is 5.71. The van der Waals surface area contributed by atoms with E-state index in [4.69, 9.17) is 9.25 Å². The van der Waals surface area contributed by atoms with Gasteiger partial charge in [0.05, 0.1) is 0 Å². The molecule has 0 atom stereocenters. The molecule has 3 rings (SSSR count). The minimum absolute atomic E-state index is 0.0689. The van der Waals surface area contributed by atoms with Crippen LogP contribution in [0.4, 0.5) is 0 Å². The summed E-state index contributed by atoms with van der Waals surface area (Å²) >= 11 is 1.43. The van der Waals surface area contributed by atoms with Crippen molar-refractivity contribution in [3.05, 3.63) is 49.0 Å². The minimum atomic E-state index is -0.566. The lowest BCUT2D eigenvalue weighted by atomic mass is 10.1. The van der Waals surface area contributed by atoms with Crippen LogP contribution in [0.2, 0.25) is 0 Å². The van der Waals surface area contributed by atoms with Gasteiger partial charge < -0.3 is 9.25 Å². The van der Waals surface area contributed by atoms with E-state index in [0.717, 1.165) is 5.01 Å². The first-order valence-electron chi connectivity index (χ1n) is 7.33. The fourth-order valence-electron chi connectivity index (χ4n) is 2.17. The monoisotopic (exact) mass is 346 g/mol. The molecule has 24 heavy (non-hydrogen) atoms. The topological polar surface area (TPSA) is 110 Å². The highest BCUT2D eigenvalue weighted by molar-refractivity contribution is 7.11. The molecule has 0 radical (unpaired) electrons. The van der Waals surface area contributed by atoms with Crippen LogP contribution >= 0.6 is 11.3 Å². The number of nitrogens with zero attached hydrogens (tertiary/aromatic N) is 3. The zero-order valence-electron chi connectivity index (χ0n) is 13.0. The maximum atomic E-state index is 12.2. The molecule has 0 fully saturated rings. The Bertz CT molecular complexity index is 1000. The van der Waals surface area contributed by atoms with E-state index in [1.165, 1.54) is 17.4 Å². The summed E-state index contributed by atoms with van der Waals surface area (Å²) in [5.74, 6) is 0. The third kappa shape index (κ3) is 3.11. The van der Waals surface area contributed by atoms with E-state index < -0.39 is 11.2 Å². The minimum Gasteiger partial charge on any atom is -0.403 e. The number of nitrogens with one attached hydrogen (secondary N) is 1. The first-order valence-corrected chi connectivity index (χ1v) is 8.21. The predicted molar refractivity (Wildman–Crippen MR) is 89.8 cm³/mol. The Labute approximate surface area is 139 Å². The third-order valence-electron chi connectivity index (χ3n) is 3.31. The quantitative estimate of drug-likeness (QED) is 0.559. The lowest BCUT2D eigenvalue weighted by Crippen LogP contribution is -2.14. The first kappa shape index (κ1) is 16.1. The highest BCUT2D eigenvalue weighted by Gasteiger charge is 2.13. The van der Waals surface area contributed by atoms with Gasteiger partial charge in [-0.25, -0.2) is 9.78 Å². The number of aromatic amines is 1. The van der Waals surface area contributed by atoms with Crippen LogP contribution in [0.15, 0.2) is 36.8 Å². The SMILES string of the molecule is CCC(=NOc1nc2oc(=O)cc(CC)c2c(=O)[nH]1)c1nccs1. The summed E-state index contributed by atoms with van der Waals surface area (Å²) in [6, 6.07) is 1.14. The van der Waals surface area contributed by atoms with Crippen LogP contribution in [0.5, 0.6) is 6.01 Å². The fourth-order valence-corrected chi connectivity index (χ4v) is 2.86. The fraction of sp³-hybridized carbons (Fsp3) is 0.267. The molecule has 3 aromatic rings. The molecule has 8 nitrogen and oxygen atoms in total. The van der Waals surface area contributed by atoms with Crippen molar-refractivity contribution >= 4 is 28.1 Å². The van der Waals surface area contributed by atoms with Crippen molar-refractivity contribution in [3.63, 3.8) is 0 Å². The molecule has 0 unspecified atom stereocenters. The molecular weight excluding hydrogens is 332 g/mol. The number of H-pyrrole nitrogens is 1. The molecule has 0 spiro atoms. The number of thiazole rings is 1. The van der Waals surface area contributed by atoms with Crippen LogP contribution in [0, 0.1) is 0 Å². The molecule has 9 heteroatoms. The van der Waals surface area contributed by atoms with Gasteiger partial charge in [0, 0.05) is 17.6 Å². The molecular formula is C15H14N4O4S. The van der Waals surface area contributed by atoms with Crippen LogP contribution in [-0.4, -0.2) is 20.7 Å². The molecule has 3 heterocycles. The maximum Gasteiger partial charge on any atom is 0.337 e. The third-order valence-corrected chi connectivity index (χ3v) is 4.13. The van der Waals surface area contributed by atoms with Crippen LogP contribution < -0.4 is 16.0 Å². The van der Waals surface area contributed by atoms with Crippen molar-refractivity contribution < 1.29 is 9.25 Å². The number of hydrogen-bond donors (Lipinski definition) is 1. The average molecular weight is 346 g/mol. The number of rotatable bonds is 5. The van der Waals surface area contributed by atoms with E-state index in [2.05, 4.69) is 20.1 Å². The van der Waals surface area contributed by atoms with Gasteiger partial charge in [-0.1, -0.05) is 19.0 Å². The highest BCUT2D eigenvalue weighted by Crippen LogP contribution is 2.14. The Morgan fingerprint density at radius 2 is 2.25 bits per heavy atom. The molecule has 0 aliphatic carbocycles. The van der Waals surface area contributed by atoms with Crippen molar-refractivity contribution in [2.75, 3.05) is 0 Å². The Morgan fingerprint density at radius 3 is 2.92 bits per heavy atom. The van der Waals surface area contributed by atoms with Gasteiger partial charge in [-0.3, -0.25) is 9.78 Å². The predicted octanol–water partition coefficient (Wildman–Crippen LogP) is 2.09. The van der Waals surface area contributed by atoms with Gasteiger partial charge >= 0.3 is 11.6 Å². The largest absolute Gasteiger partial charge is 0.403 e. The number of fused-ring (bicyclic) bond motifs is 1. The smallest absolute Gasteiger partial charge is 0.337 e. The van der Waals surface area contributed by atoms with E-state index in [1.54, 1.807) is 6.20 Å². The normalized spacial score (nSPS) is 11.8. The van der Waals surface area contributed by atoms with Crippen molar-refractivity contribution in [1.29, 1.82) is 0 Å². The Morgan fingerprint density at radius 1 is 1.42 bits per heavy atom. The summed E-state index contributed by atoms with van der Waals surface area (Å²) in [5.41, 5.74) is 0.112. The Hall–Kier alpha value is -2.81. The van der Waals surface area contributed by atoms with Crippen molar-refractivity contribution in [1.82, 2.24) is 15.0 Å². The lowest BCUT2D eigenvalue weighted by Gasteiger charge is -2.03. The Kier molecular flexibility index (Phi) is 4.52. The molecule has 0 bridgehead atoms. The van der Waals surface area contributed by atoms with E-state index in [9.17, 15) is 9.59 Å². The van der Waals surface area contributed by atoms with Crippen molar-refractivity contribution in [2.24, 2.45) is 5.16 Å². The summed E-state index contributed by atoms with van der Waals surface area (Å²) in [4.78, 5) is 39.7. The first-order chi connectivity index (χ1) is 11.6. The molecule has 1 N–H and O–H groups in total. The molecule has 124 valence electrons. The lowest BCUT2D eigenvalue weighted by molar-refractivity contribution is 0.310. The zero-order chi connectivity index (χ0) is 17.1. The van der Waals surface area contributed by atoms with E-state index in [1.807, 2.05) is 19.2 Å². The second-order valence-electron chi connectivity index (χ2n) is 4.82. The van der Waals surface area contributed by atoms with Gasteiger partial charge in [-0.2, -0.15) is 4.98 Å². The van der Waals surface area contributed by atoms with Crippen LogP contribution in [0.3, 0.4) is 0 Å². The Balaban J connectivity index is 2.02. The summed E-state index contributed by atoms with van der Waals surface area (Å²) < 4.78 is 5.01. The summed E-state index contributed by atoms with van der Waals surface area (Å²) in [6.45, 7) is 3.75. The van der Waals surface area contributed by atoms with Crippen LogP contribution in [-0.2, 0) is 6.42 Å². The molecule has 0 saturated heterocycles. The number of aromatic nitrogens is 3. The molecule has 0 aromatic carbocycles. The van der Waals surface area contributed by atoms with E-state index in [-0.39, 0.29) is 17.1 Å².